The van der Waals surface area contributed by atoms with Crippen LogP contribution in [-0.4, -0.2) is 18.1 Å². The molecule has 1 aromatic heterocycles. The van der Waals surface area contributed by atoms with E-state index in [1.165, 1.54) is 13.3 Å². The number of ether oxygens (including phenoxy) is 1. The van der Waals surface area contributed by atoms with Crippen molar-refractivity contribution in [2.45, 2.75) is 5.92 Å². The van der Waals surface area contributed by atoms with E-state index >= 15 is 0 Å². The van der Waals surface area contributed by atoms with Gasteiger partial charge in [-0.1, -0.05) is 60.7 Å². The number of aromatic nitrogens is 1. The second-order valence-electron chi connectivity index (χ2n) is 5.38. The summed E-state index contributed by atoms with van der Waals surface area (Å²) in [6.07, 6.45) is 1.46. The SMILES string of the molecule is COC(=O)c1cc[nH]c(=O)c1C(c1ccccc1)c1ccccc1. The van der Waals surface area contributed by atoms with Gasteiger partial charge in [0.15, 0.2) is 0 Å². The fourth-order valence-corrected chi connectivity index (χ4v) is 2.88. The minimum absolute atomic E-state index is 0.277. The summed E-state index contributed by atoms with van der Waals surface area (Å²) in [6.45, 7) is 0. The van der Waals surface area contributed by atoms with E-state index in [4.69, 9.17) is 4.74 Å². The third-order valence-corrected chi connectivity index (χ3v) is 3.96. The minimum Gasteiger partial charge on any atom is -0.465 e. The summed E-state index contributed by atoms with van der Waals surface area (Å²) in [7, 11) is 1.31. The monoisotopic (exact) mass is 319 g/mol. The van der Waals surface area contributed by atoms with Crippen LogP contribution in [0.3, 0.4) is 0 Å². The summed E-state index contributed by atoms with van der Waals surface area (Å²) in [5, 5.41) is 0. The summed E-state index contributed by atoms with van der Waals surface area (Å²) in [4.78, 5) is 27.4. The van der Waals surface area contributed by atoms with Gasteiger partial charge in [0, 0.05) is 17.7 Å². The molecule has 4 nitrogen and oxygen atoms in total. The quantitative estimate of drug-likeness (QED) is 0.750. The van der Waals surface area contributed by atoms with Gasteiger partial charge in [-0.25, -0.2) is 4.79 Å². The maximum atomic E-state index is 12.6. The number of pyridine rings is 1. The van der Waals surface area contributed by atoms with Crippen molar-refractivity contribution in [3.8, 4) is 0 Å². The van der Waals surface area contributed by atoms with E-state index in [1.807, 2.05) is 60.7 Å². The van der Waals surface area contributed by atoms with Crippen molar-refractivity contribution >= 4 is 5.97 Å². The van der Waals surface area contributed by atoms with Gasteiger partial charge < -0.3 is 9.72 Å². The Morgan fingerprint density at radius 1 is 0.917 bits per heavy atom. The first kappa shape index (κ1) is 15.7. The molecule has 1 N–H and O–H groups in total. The molecule has 1 heterocycles. The van der Waals surface area contributed by atoms with Crippen LogP contribution in [0.5, 0.6) is 0 Å². The summed E-state index contributed by atoms with van der Waals surface area (Å²) >= 11 is 0. The van der Waals surface area contributed by atoms with E-state index < -0.39 is 5.97 Å². The predicted molar refractivity (Wildman–Crippen MR) is 92.2 cm³/mol. The third-order valence-electron chi connectivity index (χ3n) is 3.96. The Kier molecular flexibility index (Phi) is 4.57. The Morgan fingerprint density at radius 3 is 1.96 bits per heavy atom. The zero-order chi connectivity index (χ0) is 16.9. The van der Waals surface area contributed by atoms with E-state index in [9.17, 15) is 9.59 Å². The molecule has 0 spiro atoms. The first-order chi connectivity index (χ1) is 11.7. The van der Waals surface area contributed by atoms with Crippen molar-refractivity contribution in [3.05, 3.63) is 106 Å². The molecule has 0 radical (unpaired) electrons. The number of esters is 1. The lowest BCUT2D eigenvalue weighted by molar-refractivity contribution is 0.0599. The van der Waals surface area contributed by atoms with E-state index in [0.717, 1.165) is 11.1 Å². The van der Waals surface area contributed by atoms with Crippen molar-refractivity contribution in [1.82, 2.24) is 4.98 Å². The minimum atomic E-state index is -0.520. The molecule has 0 saturated heterocycles. The smallest absolute Gasteiger partial charge is 0.338 e. The molecule has 4 heteroatoms. The van der Waals surface area contributed by atoms with E-state index in [1.54, 1.807) is 6.07 Å². The van der Waals surface area contributed by atoms with Crippen molar-refractivity contribution in [2.75, 3.05) is 7.11 Å². The van der Waals surface area contributed by atoms with E-state index in [0.29, 0.717) is 5.56 Å². The fourth-order valence-electron chi connectivity index (χ4n) is 2.88. The van der Waals surface area contributed by atoms with Crippen LogP contribution in [0.1, 0.15) is 33.0 Å². The molecular weight excluding hydrogens is 302 g/mol. The van der Waals surface area contributed by atoms with Gasteiger partial charge in [-0.15, -0.1) is 0 Å². The van der Waals surface area contributed by atoms with Gasteiger partial charge in [0.25, 0.3) is 5.56 Å². The van der Waals surface area contributed by atoms with Crippen molar-refractivity contribution < 1.29 is 9.53 Å². The molecule has 0 amide bonds. The number of nitrogens with one attached hydrogen (secondary N) is 1. The predicted octanol–water partition coefficient (Wildman–Crippen LogP) is 3.34. The molecule has 0 aliphatic rings. The second kappa shape index (κ2) is 6.96. The van der Waals surface area contributed by atoms with Crippen LogP contribution in [-0.2, 0) is 4.74 Å². The number of carbonyl (C=O) groups is 1. The van der Waals surface area contributed by atoms with Gasteiger partial charge in [0.1, 0.15) is 0 Å². The molecule has 3 aromatic rings. The van der Waals surface area contributed by atoms with Crippen molar-refractivity contribution in [1.29, 1.82) is 0 Å². The standard InChI is InChI=1S/C20H17NO3/c1-24-20(23)16-12-13-21-19(22)18(16)17(14-8-4-2-5-9-14)15-10-6-3-7-11-15/h2-13,17H,1H3,(H,21,22). The number of aromatic amines is 1. The summed E-state index contributed by atoms with van der Waals surface area (Å²) in [6, 6.07) is 20.9. The number of hydrogen-bond acceptors (Lipinski definition) is 3. The van der Waals surface area contributed by atoms with E-state index in [-0.39, 0.29) is 17.0 Å². The van der Waals surface area contributed by atoms with Gasteiger partial charge in [-0.05, 0) is 17.2 Å². The molecule has 3 rings (SSSR count). The average Bonchev–Trinajstić information content (AvgIpc) is 2.64. The highest BCUT2D eigenvalue weighted by atomic mass is 16.5. The van der Waals surface area contributed by atoms with E-state index in [2.05, 4.69) is 4.98 Å². The number of methoxy groups -OCH3 is 1. The number of hydrogen-bond donors (Lipinski definition) is 1. The molecule has 24 heavy (non-hydrogen) atoms. The van der Waals surface area contributed by atoms with Crippen LogP contribution in [0.4, 0.5) is 0 Å². The summed E-state index contributed by atoms with van der Waals surface area (Å²) in [5.74, 6) is -0.876. The Labute approximate surface area is 139 Å². The lowest BCUT2D eigenvalue weighted by Crippen LogP contribution is -2.23. The lowest BCUT2D eigenvalue weighted by Gasteiger charge is -2.20. The highest BCUT2D eigenvalue weighted by Crippen LogP contribution is 2.31. The van der Waals surface area contributed by atoms with Crippen molar-refractivity contribution in [3.63, 3.8) is 0 Å². The molecule has 0 bridgehead atoms. The Morgan fingerprint density at radius 2 is 1.46 bits per heavy atom. The molecular formula is C20H17NO3. The Balaban J connectivity index is 2.29. The largest absolute Gasteiger partial charge is 0.465 e. The number of rotatable bonds is 4. The second-order valence-corrected chi connectivity index (χ2v) is 5.38. The van der Waals surface area contributed by atoms with Crippen LogP contribution in [0.2, 0.25) is 0 Å². The molecule has 0 saturated carbocycles. The van der Waals surface area contributed by atoms with Gasteiger partial charge >= 0.3 is 5.97 Å². The number of carbonyl (C=O) groups excluding carboxylic acids is 1. The van der Waals surface area contributed by atoms with Crippen LogP contribution >= 0.6 is 0 Å². The first-order valence-electron chi connectivity index (χ1n) is 7.62. The zero-order valence-electron chi connectivity index (χ0n) is 13.2. The average molecular weight is 319 g/mol. The van der Waals surface area contributed by atoms with Gasteiger partial charge in [-0.3, -0.25) is 4.79 Å². The third kappa shape index (κ3) is 2.99. The Hall–Kier alpha value is -3.14. The first-order valence-corrected chi connectivity index (χ1v) is 7.62. The molecule has 0 aliphatic heterocycles. The van der Waals surface area contributed by atoms with Gasteiger partial charge in [0.2, 0.25) is 0 Å². The van der Waals surface area contributed by atoms with Gasteiger partial charge in [0.05, 0.1) is 12.7 Å². The van der Waals surface area contributed by atoms with Crippen LogP contribution in [0.25, 0.3) is 0 Å². The summed E-state index contributed by atoms with van der Waals surface area (Å²) < 4.78 is 4.86. The Bertz CT molecular complexity index is 846. The van der Waals surface area contributed by atoms with Gasteiger partial charge in [-0.2, -0.15) is 0 Å². The van der Waals surface area contributed by atoms with Crippen LogP contribution in [0, 0.1) is 0 Å². The fraction of sp³-hybridized carbons (Fsp3) is 0.100. The molecule has 2 aromatic carbocycles. The summed E-state index contributed by atoms with van der Waals surface area (Å²) in [5.41, 5.74) is 2.24. The maximum Gasteiger partial charge on any atom is 0.338 e. The van der Waals surface area contributed by atoms with Crippen LogP contribution < -0.4 is 5.56 Å². The molecule has 120 valence electrons. The number of H-pyrrole nitrogens is 1. The topological polar surface area (TPSA) is 59.2 Å². The van der Waals surface area contributed by atoms with Crippen molar-refractivity contribution in [2.24, 2.45) is 0 Å². The molecule has 0 atom stereocenters. The highest BCUT2D eigenvalue weighted by Gasteiger charge is 2.25. The number of benzene rings is 2. The molecule has 0 unspecified atom stereocenters. The zero-order valence-corrected chi connectivity index (χ0v) is 13.2. The molecule has 0 aliphatic carbocycles. The normalized spacial score (nSPS) is 10.6. The highest BCUT2D eigenvalue weighted by molar-refractivity contribution is 5.91. The lowest BCUT2D eigenvalue weighted by atomic mass is 9.83. The van der Waals surface area contributed by atoms with Crippen LogP contribution in [0.15, 0.2) is 77.7 Å². The maximum absolute atomic E-state index is 12.6. The molecule has 0 fully saturated rings.